The number of rotatable bonds is 8. The number of aromatic nitrogens is 2. The molecule has 0 amide bonds. The van der Waals surface area contributed by atoms with Gasteiger partial charge in [-0.15, -0.1) is 0 Å². The van der Waals surface area contributed by atoms with Crippen molar-refractivity contribution < 1.29 is 14.3 Å². The summed E-state index contributed by atoms with van der Waals surface area (Å²) >= 11 is 0. The first-order valence-corrected chi connectivity index (χ1v) is 13.7. The summed E-state index contributed by atoms with van der Waals surface area (Å²) in [5.41, 5.74) is 5.26. The SMILES string of the molecule is C/C=C\C.CCN(CC)c1cc2nc(C3CCCCC3)[nH]c2cc1NC.COc1ccc(C=O)cc1OC. The number of carbonyl (C=O) groups excluding carboxylic acids is 1. The average Bonchev–Trinajstić information content (AvgIpc) is 3.41. The van der Waals surface area contributed by atoms with Crippen molar-refractivity contribution in [1.82, 2.24) is 9.97 Å². The van der Waals surface area contributed by atoms with Crippen molar-refractivity contribution in [2.75, 3.05) is 44.6 Å². The molecule has 0 saturated heterocycles. The van der Waals surface area contributed by atoms with Gasteiger partial charge in [0.1, 0.15) is 12.1 Å². The Kier molecular flexibility index (Phi) is 13.3. The van der Waals surface area contributed by atoms with Crippen molar-refractivity contribution >= 4 is 28.7 Å². The zero-order chi connectivity index (χ0) is 27.9. The molecule has 2 N–H and O–H groups in total. The smallest absolute Gasteiger partial charge is 0.161 e. The molecule has 1 saturated carbocycles. The first-order chi connectivity index (χ1) is 18.5. The summed E-state index contributed by atoms with van der Waals surface area (Å²) < 4.78 is 9.99. The van der Waals surface area contributed by atoms with Gasteiger partial charge in [0, 0.05) is 31.6 Å². The lowest BCUT2D eigenvalue weighted by atomic mass is 9.89. The number of allylic oxidation sites excluding steroid dienone is 2. The highest BCUT2D eigenvalue weighted by Gasteiger charge is 2.20. The largest absolute Gasteiger partial charge is 0.493 e. The fourth-order valence-electron chi connectivity index (χ4n) is 4.59. The highest BCUT2D eigenvalue weighted by atomic mass is 16.5. The maximum atomic E-state index is 10.4. The van der Waals surface area contributed by atoms with Gasteiger partial charge >= 0.3 is 0 Å². The summed E-state index contributed by atoms with van der Waals surface area (Å²) in [6.45, 7) is 10.4. The van der Waals surface area contributed by atoms with E-state index in [0.717, 1.165) is 30.4 Å². The Hall–Kier alpha value is -3.48. The standard InChI is InChI=1S/C18H28N4.C9H10O3.C4H8/c1-4-22(5-2)17-12-15-14(11-16(17)19-3)20-18(21-15)13-9-7-6-8-10-13;1-11-8-4-3-7(6-10)5-9(8)12-2;1-3-4-2/h11-13,19H,4-10H2,1-3H3,(H,20,21);3-6H,1-2H3;3-4H,1-2H3/b;;4-3-. The summed E-state index contributed by atoms with van der Waals surface area (Å²) in [6, 6.07) is 9.45. The number of ether oxygens (including phenoxy) is 2. The summed E-state index contributed by atoms with van der Waals surface area (Å²) in [5.74, 6) is 3.01. The van der Waals surface area contributed by atoms with Crippen molar-refractivity contribution in [3.8, 4) is 11.5 Å². The van der Waals surface area contributed by atoms with Gasteiger partial charge in [0.15, 0.2) is 11.5 Å². The number of imidazole rings is 1. The van der Waals surface area contributed by atoms with E-state index in [1.54, 1.807) is 25.3 Å². The Morgan fingerprint density at radius 1 is 1.00 bits per heavy atom. The summed E-state index contributed by atoms with van der Waals surface area (Å²) in [4.78, 5) is 21.2. The number of hydrogen-bond acceptors (Lipinski definition) is 6. The molecule has 3 aromatic rings. The van der Waals surface area contributed by atoms with Gasteiger partial charge < -0.3 is 24.7 Å². The molecule has 0 bridgehead atoms. The van der Waals surface area contributed by atoms with E-state index >= 15 is 0 Å². The molecule has 0 radical (unpaired) electrons. The van der Waals surface area contributed by atoms with E-state index in [1.807, 2.05) is 33.0 Å². The van der Waals surface area contributed by atoms with E-state index in [9.17, 15) is 4.79 Å². The lowest BCUT2D eigenvalue weighted by Gasteiger charge is -2.23. The molecule has 0 unspecified atom stereocenters. The van der Waals surface area contributed by atoms with Crippen LogP contribution in [0.25, 0.3) is 11.0 Å². The minimum absolute atomic E-state index is 0.571. The molecule has 0 spiro atoms. The fraction of sp³-hybridized carbons (Fsp3) is 0.484. The summed E-state index contributed by atoms with van der Waals surface area (Å²) in [5, 5.41) is 3.34. The number of carbonyl (C=O) groups is 1. The predicted octanol–water partition coefficient (Wildman–Crippen LogP) is 7.60. The Morgan fingerprint density at radius 2 is 1.66 bits per heavy atom. The van der Waals surface area contributed by atoms with Gasteiger partial charge in [-0.25, -0.2) is 4.98 Å². The van der Waals surface area contributed by atoms with E-state index in [-0.39, 0.29) is 0 Å². The van der Waals surface area contributed by atoms with Gasteiger partial charge in [0.05, 0.1) is 36.6 Å². The number of aromatic amines is 1. The Morgan fingerprint density at radius 3 is 2.18 bits per heavy atom. The number of hydrogen-bond donors (Lipinski definition) is 2. The maximum absolute atomic E-state index is 10.4. The molecule has 1 aliphatic rings. The second-order valence-electron chi connectivity index (χ2n) is 9.16. The molecule has 4 rings (SSSR count). The molecule has 1 fully saturated rings. The first-order valence-electron chi connectivity index (χ1n) is 13.7. The molecule has 1 aromatic heterocycles. The van der Waals surface area contributed by atoms with Gasteiger partial charge in [0.2, 0.25) is 0 Å². The molecule has 0 aliphatic heterocycles. The number of fused-ring (bicyclic) bond motifs is 1. The lowest BCUT2D eigenvalue weighted by molar-refractivity contribution is 0.112. The fourth-order valence-corrected chi connectivity index (χ4v) is 4.59. The Bertz CT molecular complexity index is 1140. The van der Waals surface area contributed by atoms with Gasteiger partial charge in [-0.2, -0.15) is 0 Å². The first kappa shape index (κ1) is 30.7. The van der Waals surface area contributed by atoms with Crippen LogP contribution >= 0.6 is 0 Å². The quantitative estimate of drug-likeness (QED) is 0.234. The number of aldehydes is 1. The van der Waals surface area contributed by atoms with Crippen LogP contribution in [0, 0.1) is 0 Å². The van der Waals surface area contributed by atoms with Crippen LogP contribution in [0.5, 0.6) is 11.5 Å². The number of benzene rings is 2. The van der Waals surface area contributed by atoms with Crippen molar-refractivity contribution in [2.24, 2.45) is 0 Å². The van der Waals surface area contributed by atoms with Crippen LogP contribution in [0.1, 0.15) is 81.9 Å². The van der Waals surface area contributed by atoms with E-state index in [2.05, 4.69) is 41.2 Å². The highest BCUT2D eigenvalue weighted by Crippen LogP contribution is 2.35. The molecule has 208 valence electrons. The van der Waals surface area contributed by atoms with Crippen molar-refractivity contribution in [3.05, 3.63) is 53.9 Å². The van der Waals surface area contributed by atoms with E-state index in [4.69, 9.17) is 14.5 Å². The maximum Gasteiger partial charge on any atom is 0.161 e. The average molecular weight is 523 g/mol. The van der Waals surface area contributed by atoms with Gasteiger partial charge in [0.25, 0.3) is 0 Å². The molecular weight excluding hydrogens is 476 g/mol. The predicted molar refractivity (Wildman–Crippen MR) is 160 cm³/mol. The molecule has 2 aromatic carbocycles. The normalized spacial score (nSPS) is 13.2. The third kappa shape index (κ3) is 8.27. The summed E-state index contributed by atoms with van der Waals surface area (Å²) in [6.07, 6.45) is 11.4. The number of methoxy groups -OCH3 is 2. The lowest BCUT2D eigenvalue weighted by Crippen LogP contribution is -2.22. The van der Waals surface area contributed by atoms with Crippen LogP contribution in [0.15, 0.2) is 42.5 Å². The zero-order valence-corrected chi connectivity index (χ0v) is 24.3. The van der Waals surface area contributed by atoms with E-state index in [0.29, 0.717) is 23.0 Å². The molecule has 1 heterocycles. The third-order valence-corrected chi connectivity index (χ3v) is 6.86. The van der Waals surface area contributed by atoms with Crippen LogP contribution in [0.4, 0.5) is 11.4 Å². The number of nitrogens with zero attached hydrogens (tertiary/aromatic N) is 2. The number of anilines is 2. The van der Waals surface area contributed by atoms with Crippen molar-refractivity contribution in [2.45, 2.75) is 65.7 Å². The van der Waals surface area contributed by atoms with Gasteiger partial charge in [-0.3, -0.25) is 4.79 Å². The number of nitrogens with one attached hydrogen (secondary N) is 2. The van der Waals surface area contributed by atoms with Gasteiger partial charge in [-0.05, 0) is 70.9 Å². The molecular formula is C31H46N4O3. The zero-order valence-electron chi connectivity index (χ0n) is 24.3. The van der Waals surface area contributed by atoms with Crippen LogP contribution in [-0.4, -0.2) is 50.6 Å². The van der Waals surface area contributed by atoms with Crippen molar-refractivity contribution in [3.63, 3.8) is 0 Å². The molecule has 7 heteroatoms. The minimum atomic E-state index is 0.571. The highest BCUT2D eigenvalue weighted by molar-refractivity contribution is 5.88. The van der Waals surface area contributed by atoms with Crippen molar-refractivity contribution in [1.29, 1.82) is 0 Å². The molecule has 7 nitrogen and oxygen atoms in total. The third-order valence-electron chi connectivity index (χ3n) is 6.86. The van der Waals surface area contributed by atoms with Crippen LogP contribution in [0.2, 0.25) is 0 Å². The van der Waals surface area contributed by atoms with Gasteiger partial charge in [-0.1, -0.05) is 31.4 Å². The van der Waals surface area contributed by atoms with E-state index < -0.39 is 0 Å². The van der Waals surface area contributed by atoms with E-state index in [1.165, 1.54) is 56.4 Å². The second-order valence-corrected chi connectivity index (χ2v) is 9.16. The Labute approximate surface area is 228 Å². The van der Waals surface area contributed by atoms with Crippen LogP contribution < -0.4 is 19.7 Å². The van der Waals surface area contributed by atoms with Crippen LogP contribution in [0.3, 0.4) is 0 Å². The minimum Gasteiger partial charge on any atom is -0.493 e. The summed E-state index contributed by atoms with van der Waals surface area (Å²) in [7, 11) is 5.08. The topological polar surface area (TPSA) is 79.5 Å². The van der Waals surface area contributed by atoms with Crippen LogP contribution in [-0.2, 0) is 0 Å². The Balaban J connectivity index is 0.000000266. The molecule has 38 heavy (non-hydrogen) atoms. The molecule has 0 atom stereocenters. The monoisotopic (exact) mass is 522 g/mol. The molecule has 1 aliphatic carbocycles. The number of H-pyrrole nitrogens is 1. The second kappa shape index (κ2) is 16.4.